The predicted molar refractivity (Wildman–Crippen MR) is 251 cm³/mol. The largest absolute Gasteiger partial charge is 0.455 e. The average molecular weight is 749 g/mol. The van der Waals surface area contributed by atoms with Gasteiger partial charge in [-0.3, -0.25) is 0 Å². The molecule has 0 aliphatic heterocycles. The molecule has 12 aromatic rings. The van der Waals surface area contributed by atoms with Crippen molar-refractivity contribution in [2.24, 2.45) is 0 Å². The fourth-order valence-corrected chi connectivity index (χ4v) is 9.39. The van der Waals surface area contributed by atoms with Crippen molar-refractivity contribution in [2.45, 2.75) is 0 Å². The van der Waals surface area contributed by atoms with E-state index < -0.39 is 0 Å². The highest BCUT2D eigenvalue weighted by molar-refractivity contribution is 6.16. The van der Waals surface area contributed by atoms with Crippen LogP contribution >= 0.6 is 0 Å². The molecule has 59 heavy (non-hydrogen) atoms. The Morgan fingerprint density at radius 3 is 1.24 bits per heavy atom. The van der Waals surface area contributed by atoms with E-state index in [1.165, 1.54) is 76.5 Å². The quantitative estimate of drug-likeness (QED) is 0.160. The number of furan rings is 1. The van der Waals surface area contributed by atoms with Crippen molar-refractivity contribution in [3.63, 3.8) is 0 Å². The Morgan fingerprint density at radius 2 is 0.678 bits per heavy atom. The topological polar surface area (TPSA) is 13.1 Å². The highest BCUT2D eigenvalue weighted by Gasteiger charge is 2.17. The van der Waals surface area contributed by atoms with Gasteiger partial charge >= 0.3 is 0 Å². The van der Waals surface area contributed by atoms with Crippen LogP contribution in [0.25, 0.3) is 121 Å². The summed E-state index contributed by atoms with van der Waals surface area (Å²) in [5.41, 5.74) is 13.6. The Morgan fingerprint density at radius 1 is 0.220 bits per heavy atom. The van der Waals surface area contributed by atoms with Crippen molar-refractivity contribution in [1.82, 2.24) is 0 Å². The van der Waals surface area contributed by atoms with Crippen LogP contribution in [0.2, 0.25) is 0 Å². The summed E-state index contributed by atoms with van der Waals surface area (Å²) in [5.74, 6) is 0. The minimum Gasteiger partial charge on any atom is -0.455 e. The van der Waals surface area contributed by atoms with Crippen LogP contribution in [0.3, 0.4) is 0 Å². The van der Waals surface area contributed by atoms with E-state index in [0.717, 1.165) is 44.2 Å². The molecule has 0 fully saturated rings. The fourth-order valence-electron chi connectivity index (χ4n) is 9.39. The third-order valence-electron chi connectivity index (χ3n) is 12.2. The zero-order valence-corrected chi connectivity index (χ0v) is 32.2. The van der Waals surface area contributed by atoms with Crippen LogP contribution in [0.1, 0.15) is 0 Å². The molecule has 0 aliphatic rings. The Bertz CT molecular complexity index is 3410. The van der Waals surface area contributed by atoms with Gasteiger partial charge in [-0.05, 0) is 142 Å². The summed E-state index contributed by atoms with van der Waals surface area (Å²) in [5, 5.41) is 12.3. The lowest BCUT2D eigenvalue weighted by atomic mass is 9.88. The smallest absolute Gasteiger partial charge is 0.143 e. The van der Waals surface area contributed by atoms with Gasteiger partial charge in [0.25, 0.3) is 0 Å². The van der Waals surface area contributed by atoms with E-state index >= 15 is 0 Å². The normalized spacial score (nSPS) is 11.7. The van der Waals surface area contributed by atoms with E-state index in [1.807, 2.05) is 6.07 Å². The van der Waals surface area contributed by atoms with Crippen molar-refractivity contribution in [1.29, 1.82) is 0 Å². The molecule has 12 rings (SSSR count). The highest BCUT2D eigenvalue weighted by Crippen LogP contribution is 2.43. The summed E-state index contributed by atoms with van der Waals surface area (Å²) in [6.07, 6.45) is 0. The number of hydrogen-bond donors (Lipinski definition) is 0. The van der Waals surface area contributed by atoms with Crippen LogP contribution < -0.4 is 0 Å². The Balaban J connectivity index is 1.09. The molecule has 0 amide bonds. The minimum absolute atomic E-state index is 0.901. The molecule has 0 saturated heterocycles. The van der Waals surface area contributed by atoms with E-state index in [9.17, 15) is 0 Å². The van der Waals surface area contributed by atoms with Crippen LogP contribution in [-0.4, -0.2) is 0 Å². The van der Waals surface area contributed by atoms with Crippen molar-refractivity contribution in [2.75, 3.05) is 0 Å². The summed E-state index contributed by atoms with van der Waals surface area (Å²) in [4.78, 5) is 0. The molecular weight excluding hydrogens is 713 g/mol. The number of para-hydroxylation sites is 2. The molecule has 1 heterocycles. The van der Waals surface area contributed by atoms with Gasteiger partial charge in [-0.2, -0.15) is 0 Å². The third-order valence-corrected chi connectivity index (χ3v) is 12.2. The van der Waals surface area contributed by atoms with Crippen LogP contribution in [-0.2, 0) is 0 Å². The van der Waals surface area contributed by atoms with Gasteiger partial charge in [0.15, 0.2) is 0 Å². The van der Waals surface area contributed by atoms with Crippen LogP contribution in [0.5, 0.6) is 0 Å². The van der Waals surface area contributed by atoms with E-state index in [1.54, 1.807) is 0 Å². The van der Waals surface area contributed by atoms with Gasteiger partial charge in [0.1, 0.15) is 11.2 Å². The van der Waals surface area contributed by atoms with Crippen LogP contribution in [0.4, 0.5) is 0 Å². The van der Waals surface area contributed by atoms with Crippen molar-refractivity contribution in [3.8, 4) is 55.6 Å². The summed E-state index contributed by atoms with van der Waals surface area (Å²) in [6.45, 7) is 0. The first-order valence-electron chi connectivity index (χ1n) is 20.3. The average Bonchev–Trinajstić information content (AvgIpc) is 3.70. The number of fused-ring (bicyclic) bond motifs is 9. The lowest BCUT2D eigenvalue weighted by molar-refractivity contribution is 0.670. The molecular formula is C58H36O. The standard InChI is InChI=1S/C58H36O/c1-3-14-37(15-4-1)55-35-44-30-39(26-28-46(44)49-18-7-9-20-51(49)55)41-32-42(34-43(33-41)48-23-13-24-54-53-22-11-12-25-57(53)59-58(48)54)40-27-29-47-45(31-40)36-56(38-16-5-2-6-17-38)52-21-10-8-19-50(47)52/h1-36H. The first kappa shape index (κ1) is 33.4. The lowest BCUT2D eigenvalue weighted by Crippen LogP contribution is -1.89. The van der Waals surface area contributed by atoms with Gasteiger partial charge < -0.3 is 4.42 Å². The van der Waals surface area contributed by atoms with Gasteiger partial charge in [0, 0.05) is 16.3 Å². The van der Waals surface area contributed by atoms with Crippen molar-refractivity contribution < 1.29 is 4.42 Å². The van der Waals surface area contributed by atoms with Gasteiger partial charge in [0.05, 0.1) is 0 Å². The number of benzene rings is 11. The maximum atomic E-state index is 6.64. The Kier molecular flexibility index (Phi) is 7.61. The minimum atomic E-state index is 0.901. The van der Waals surface area contributed by atoms with E-state index in [-0.39, 0.29) is 0 Å². The van der Waals surface area contributed by atoms with Crippen LogP contribution in [0.15, 0.2) is 223 Å². The molecule has 1 heteroatoms. The van der Waals surface area contributed by atoms with E-state index in [0.29, 0.717) is 0 Å². The molecule has 0 spiro atoms. The summed E-state index contributed by atoms with van der Waals surface area (Å²) >= 11 is 0. The second-order valence-corrected chi connectivity index (χ2v) is 15.6. The summed E-state index contributed by atoms with van der Waals surface area (Å²) in [6, 6.07) is 79.7. The first-order valence-corrected chi connectivity index (χ1v) is 20.3. The van der Waals surface area contributed by atoms with Gasteiger partial charge in [-0.1, -0.05) is 170 Å². The monoisotopic (exact) mass is 748 g/mol. The molecule has 1 nitrogen and oxygen atoms in total. The van der Waals surface area contributed by atoms with E-state index in [2.05, 4.69) is 212 Å². The number of rotatable bonds is 5. The molecule has 0 bridgehead atoms. The first-order chi connectivity index (χ1) is 29.2. The molecule has 0 unspecified atom stereocenters. The zero-order chi connectivity index (χ0) is 38.9. The fraction of sp³-hybridized carbons (Fsp3) is 0. The molecule has 0 N–H and O–H groups in total. The lowest BCUT2D eigenvalue weighted by Gasteiger charge is -2.15. The molecule has 1 aromatic heterocycles. The number of hydrogen-bond acceptors (Lipinski definition) is 1. The summed E-state index contributed by atoms with van der Waals surface area (Å²) < 4.78 is 6.64. The maximum absolute atomic E-state index is 6.64. The summed E-state index contributed by atoms with van der Waals surface area (Å²) in [7, 11) is 0. The Hall–Kier alpha value is -7.74. The molecule has 274 valence electrons. The zero-order valence-electron chi connectivity index (χ0n) is 32.2. The molecule has 0 atom stereocenters. The maximum Gasteiger partial charge on any atom is 0.143 e. The third kappa shape index (κ3) is 5.55. The molecule has 0 radical (unpaired) electrons. The second kappa shape index (κ2) is 13.4. The van der Waals surface area contributed by atoms with Gasteiger partial charge in [0.2, 0.25) is 0 Å². The SMILES string of the molecule is c1ccc(-c2cc3cc(-c4cc(-c5ccc6c(c5)cc(-c5ccccc5)c5ccccc56)cc(-c5cccc6c5oc5ccccc56)c4)ccc3c3ccccc23)cc1. The van der Waals surface area contributed by atoms with Crippen molar-refractivity contribution >= 4 is 65.0 Å². The molecule has 0 aliphatic carbocycles. The molecule has 0 saturated carbocycles. The molecule has 11 aromatic carbocycles. The predicted octanol–water partition coefficient (Wildman–Crippen LogP) is 16.5. The Labute approximate surface area is 342 Å². The second-order valence-electron chi connectivity index (χ2n) is 15.6. The van der Waals surface area contributed by atoms with E-state index in [4.69, 9.17) is 4.42 Å². The highest BCUT2D eigenvalue weighted by atomic mass is 16.3. The van der Waals surface area contributed by atoms with Crippen LogP contribution in [0, 0.1) is 0 Å². The van der Waals surface area contributed by atoms with Gasteiger partial charge in [-0.15, -0.1) is 0 Å². The van der Waals surface area contributed by atoms with Crippen molar-refractivity contribution in [3.05, 3.63) is 218 Å². The van der Waals surface area contributed by atoms with Gasteiger partial charge in [-0.25, -0.2) is 0 Å².